The van der Waals surface area contributed by atoms with E-state index in [0.717, 1.165) is 34.7 Å². The standard InChI is InChI=1S/C14H19Cl2N5S2/c1-17-13(18-4-3-6-22-14-19-5-7-23-14)20-9-10-8-11(15)12(16)21(10)2/h5,7-8H,3-4,6,9H2,1-2H3,(H2,17,18,20). The molecule has 0 aliphatic heterocycles. The number of aliphatic imine (C=N–C) groups is 1. The average Bonchev–Trinajstić information content (AvgIpc) is 3.15. The van der Waals surface area contributed by atoms with Crippen LogP contribution < -0.4 is 10.6 Å². The Labute approximate surface area is 154 Å². The number of thioether (sulfide) groups is 1. The highest BCUT2D eigenvalue weighted by atomic mass is 35.5. The minimum Gasteiger partial charge on any atom is -0.356 e. The predicted molar refractivity (Wildman–Crippen MR) is 101 cm³/mol. The van der Waals surface area contributed by atoms with Crippen molar-refractivity contribution in [3.8, 4) is 0 Å². The van der Waals surface area contributed by atoms with Crippen LogP contribution in [0.25, 0.3) is 0 Å². The molecule has 2 N–H and O–H groups in total. The van der Waals surface area contributed by atoms with E-state index in [4.69, 9.17) is 23.2 Å². The molecule has 0 spiro atoms. The molecule has 0 amide bonds. The summed E-state index contributed by atoms with van der Waals surface area (Å²) in [7, 11) is 3.64. The third-order valence-electron chi connectivity index (χ3n) is 3.13. The molecule has 0 aliphatic rings. The molecule has 126 valence electrons. The van der Waals surface area contributed by atoms with E-state index in [9.17, 15) is 0 Å². The zero-order valence-electron chi connectivity index (χ0n) is 13.0. The molecule has 0 aliphatic carbocycles. The van der Waals surface area contributed by atoms with E-state index in [1.807, 2.05) is 29.3 Å². The van der Waals surface area contributed by atoms with Crippen molar-refractivity contribution in [2.45, 2.75) is 17.3 Å². The Morgan fingerprint density at radius 1 is 1.43 bits per heavy atom. The third-order valence-corrected chi connectivity index (χ3v) is 6.02. The fourth-order valence-electron chi connectivity index (χ4n) is 1.87. The van der Waals surface area contributed by atoms with Crippen molar-refractivity contribution in [3.63, 3.8) is 0 Å². The average molecular weight is 392 g/mol. The van der Waals surface area contributed by atoms with Gasteiger partial charge in [0.25, 0.3) is 0 Å². The van der Waals surface area contributed by atoms with Gasteiger partial charge in [-0.1, -0.05) is 35.0 Å². The Bertz CT molecular complexity index is 640. The maximum absolute atomic E-state index is 6.06. The van der Waals surface area contributed by atoms with E-state index < -0.39 is 0 Å². The zero-order chi connectivity index (χ0) is 16.7. The van der Waals surface area contributed by atoms with Crippen LogP contribution in [0, 0.1) is 0 Å². The number of hydrogen-bond donors (Lipinski definition) is 2. The SMILES string of the molecule is CN=C(NCCCSc1nccs1)NCc1cc(Cl)c(Cl)n1C. The first-order valence-corrected chi connectivity index (χ1v) is 9.70. The maximum Gasteiger partial charge on any atom is 0.191 e. The summed E-state index contributed by atoms with van der Waals surface area (Å²) in [5, 5.41) is 9.65. The number of nitrogens with one attached hydrogen (secondary N) is 2. The van der Waals surface area contributed by atoms with Gasteiger partial charge in [-0.05, 0) is 12.5 Å². The monoisotopic (exact) mass is 391 g/mol. The minimum atomic E-state index is 0.547. The number of nitrogens with zero attached hydrogens (tertiary/aromatic N) is 3. The van der Waals surface area contributed by atoms with Gasteiger partial charge in [0.15, 0.2) is 5.96 Å². The number of rotatable bonds is 7. The second kappa shape index (κ2) is 9.42. The molecule has 0 atom stereocenters. The molecule has 0 radical (unpaired) electrons. The summed E-state index contributed by atoms with van der Waals surface area (Å²) in [5.74, 6) is 1.79. The largest absolute Gasteiger partial charge is 0.356 e. The minimum absolute atomic E-state index is 0.547. The molecule has 2 aromatic heterocycles. The van der Waals surface area contributed by atoms with Gasteiger partial charge >= 0.3 is 0 Å². The lowest BCUT2D eigenvalue weighted by molar-refractivity contribution is 0.743. The topological polar surface area (TPSA) is 54.2 Å². The van der Waals surface area contributed by atoms with E-state index in [0.29, 0.717) is 16.7 Å². The Morgan fingerprint density at radius 3 is 2.87 bits per heavy atom. The summed E-state index contributed by atoms with van der Waals surface area (Å²) in [4.78, 5) is 8.46. The van der Waals surface area contributed by atoms with Gasteiger partial charge in [-0.2, -0.15) is 0 Å². The molecule has 9 heteroatoms. The van der Waals surface area contributed by atoms with Crippen molar-refractivity contribution in [2.24, 2.45) is 12.0 Å². The number of thiazole rings is 1. The van der Waals surface area contributed by atoms with Crippen molar-refractivity contribution in [1.29, 1.82) is 0 Å². The number of halogens is 2. The molecule has 2 aromatic rings. The molecule has 5 nitrogen and oxygen atoms in total. The van der Waals surface area contributed by atoms with Crippen LogP contribution >= 0.6 is 46.3 Å². The van der Waals surface area contributed by atoms with E-state index in [2.05, 4.69) is 20.6 Å². The maximum atomic E-state index is 6.06. The van der Waals surface area contributed by atoms with Crippen LogP contribution in [-0.2, 0) is 13.6 Å². The first-order valence-electron chi connectivity index (χ1n) is 7.08. The van der Waals surface area contributed by atoms with Gasteiger partial charge in [0.1, 0.15) is 9.49 Å². The number of aromatic nitrogens is 2. The summed E-state index contributed by atoms with van der Waals surface area (Å²) in [5.41, 5.74) is 1.00. The van der Waals surface area contributed by atoms with Crippen molar-refractivity contribution >= 4 is 52.3 Å². The molecule has 23 heavy (non-hydrogen) atoms. The van der Waals surface area contributed by atoms with Crippen LogP contribution in [0.2, 0.25) is 10.2 Å². The lowest BCUT2D eigenvalue weighted by atomic mass is 10.4. The van der Waals surface area contributed by atoms with Gasteiger partial charge in [-0.15, -0.1) is 11.3 Å². The second-order valence-corrected chi connectivity index (χ2v) is 7.69. The smallest absolute Gasteiger partial charge is 0.191 e. The lowest BCUT2D eigenvalue weighted by Gasteiger charge is -2.12. The Kier molecular flexibility index (Phi) is 7.55. The highest BCUT2D eigenvalue weighted by molar-refractivity contribution is 8.00. The van der Waals surface area contributed by atoms with Crippen LogP contribution in [0.4, 0.5) is 0 Å². The van der Waals surface area contributed by atoms with Gasteiger partial charge < -0.3 is 15.2 Å². The highest BCUT2D eigenvalue weighted by Crippen LogP contribution is 2.24. The van der Waals surface area contributed by atoms with Crippen molar-refractivity contribution in [3.05, 3.63) is 33.5 Å². The molecule has 0 fully saturated rings. The van der Waals surface area contributed by atoms with Crippen LogP contribution in [0.1, 0.15) is 12.1 Å². The lowest BCUT2D eigenvalue weighted by Crippen LogP contribution is -2.37. The summed E-state index contributed by atoms with van der Waals surface area (Å²) < 4.78 is 2.97. The van der Waals surface area contributed by atoms with Gasteiger partial charge in [0.2, 0.25) is 0 Å². The predicted octanol–water partition coefficient (Wildman–Crippen LogP) is 3.64. The second-order valence-electron chi connectivity index (χ2n) is 4.69. The molecular weight excluding hydrogens is 373 g/mol. The van der Waals surface area contributed by atoms with Crippen LogP contribution in [0.15, 0.2) is 27.0 Å². The number of guanidine groups is 1. The van der Waals surface area contributed by atoms with Crippen LogP contribution in [0.3, 0.4) is 0 Å². The van der Waals surface area contributed by atoms with E-state index in [1.165, 1.54) is 0 Å². The van der Waals surface area contributed by atoms with Crippen molar-refractivity contribution < 1.29 is 0 Å². The van der Waals surface area contributed by atoms with Gasteiger partial charge in [0, 0.05) is 43.7 Å². The number of hydrogen-bond acceptors (Lipinski definition) is 4. The van der Waals surface area contributed by atoms with Crippen LogP contribution in [-0.4, -0.2) is 34.9 Å². The Morgan fingerprint density at radius 2 is 2.26 bits per heavy atom. The van der Waals surface area contributed by atoms with Crippen molar-refractivity contribution in [1.82, 2.24) is 20.2 Å². The molecule has 0 saturated carbocycles. The highest BCUT2D eigenvalue weighted by Gasteiger charge is 2.09. The quantitative estimate of drug-likeness (QED) is 0.327. The van der Waals surface area contributed by atoms with E-state index >= 15 is 0 Å². The Hall–Kier alpha value is -0.890. The molecule has 2 heterocycles. The van der Waals surface area contributed by atoms with Crippen molar-refractivity contribution in [2.75, 3.05) is 19.3 Å². The molecule has 0 bridgehead atoms. The molecule has 2 rings (SSSR count). The summed E-state index contributed by atoms with van der Waals surface area (Å²) >= 11 is 15.5. The van der Waals surface area contributed by atoms with Gasteiger partial charge in [-0.3, -0.25) is 4.99 Å². The molecule has 0 aromatic carbocycles. The first-order chi connectivity index (χ1) is 11.1. The summed E-state index contributed by atoms with van der Waals surface area (Å²) in [6.07, 6.45) is 2.87. The molecular formula is C14H19Cl2N5S2. The van der Waals surface area contributed by atoms with Gasteiger partial charge in [0.05, 0.1) is 11.6 Å². The van der Waals surface area contributed by atoms with Crippen LogP contribution in [0.5, 0.6) is 0 Å². The third kappa shape index (κ3) is 5.60. The fourth-order valence-corrected chi connectivity index (χ4v) is 3.94. The zero-order valence-corrected chi connectivity index (χ0v) is 16.1. The van der Waals surface area contributed by atoms with E-state index in [-0.39, 0.29) is 0 Å². The van der Waals surface area contributed by atoms with E-state index in [1.54, 1.807) is 30.1 Å². The van der Waals surface area contributed by atoms with Gasteiger partial charge in [-0.25, -0.2) is 4.98 Å². The fraction of sp³-hybridized carbons (Fsp3) is 0.429. The first kappa shape index (κ1) is 18.4. The molecule has 0 saturated heterocycles. The summed E-state index contributed by atoms with van der Waals surface area (Å²) in [6, 6.07) is 1.86. The Balaban J connectivity index is 1.68. The normalized spacial score (nSPS) is 11.7. The molecule has 0 unspecified atom stereocenters. The summed E-state index contributed by atoms with van der Waals surface area (Å²) in [6.45, 7) is 1.46.